The Morgan fingerprint density at radius 1 is 1.02 bits per heavy atom. The molecule has 3 N–H and O–H groups in total. The summed E-state index contributed by atoms with van der Waals surface area (Å²) in [7, 11) is 0. The Labute approximate surface area is 287 Å². The first-order valence-electron chi connectivity index (χ1n) is 18.1. The van der Waals surface area contributed by atoms with Gasteiger partial charge in [-0.1, -0.05) is 20.8 Å². The number of nitrogens with one attached hydrogen (secondary N) is 3. The summed E-state index contributed by atoms with van der Waals surface area (Å²) in [4.78, 5) is 52.2. The van der Waals surface area contributed by atoms with Crippen molar-refractivity contribution in [3.05, 3.63) is 74.7 Å². The van der Waals surface area contributed by atoms with E-state index in [0.29, 0.717) is 84.0 Å². The van der Waals surface area contributed by atoms with Gasteiger partial charge in [0, 0.05) is 56.3 Å². The largest absolute Gasteiger partial charge is 0.353 e. The molecule has 8 rings (SSSR count). The molecule has 10 nitrogen and oxygen atoms in total. The van der Waals surface area contributed by atoms with Gasteiger partial charge < -0.3 is 25.4 Å². The van der Waals surface area contributed by atoms with Crippen LogP contribution in [0.3, 0.4) is 0 Å². The predicted octanol–water partition coefficient (Wildman–Crippen LogP) is 4.37. The van der Waals surface area contributed by atoms with E-state index < -0.39 is 5.69 Å². The molecule has 3 aliphatic carbocycles. The average Bonchev–Trinajstić information content (AvgIpc) is 3.08. The summed E-state index contributed by atoms with van der Waals surface area (Å²) in [5.41, 5.74) is 1.36. The number of H-pyrrole nitrogens is 1. The SMILES string of the molecule is C[C@H]1[C@@H](NC(=Nc2ccc3c(=O)n(CCN4CCC(C(=O)c5ccc(F)cc5)CC4)c(=O)[nH]c3c2)N2CCN[C@@H](C)C2)C[C@@H]2C[C@@H]1C2(C)C. The molecule has 3 aromatic rings. The Balaban J connectivity index is 1.04. The number of ketones is 1. The fraction of sp³-hybridized carbons (Fsp3) is 0.579. The molecular formula is C38H50FN7O3. The van der Waals surface area contributed by atoms with Gasteiger partial charge in [-0.25, -0.2) is 14.2 Å². The van der Waals surface area contributed by atoms with Crippen LogP contribution in [-0.2, 0) is 6.54 Å². The molecule has 5 aliphatic rings. The summed E-state index contributed by atoms with van der Waals surface area (Å²) < 4.78 is 14.6. The summed E-state index contributed by atoms with van der Waals surface area (Å²) in [6.45, 7) is 14.2. The van der Waals surface area contributed by atoms with Gasteiger partial charge in [0.15, 0.2) is 11.7 Å². The monoisotopic (exact) mass is 671 g/mol. The van der Waals surface area contributed by atoms with E-state index in [4.69, 9.17) is 4.99 Å². The van der Waals surface area contributed by atoms with E-state index in [1.165, 1.54) is 23.1 Å². The summed E-state index contributed by atoms with van der Waals surface area (Å²) in [5, 5.41) is 7.84. The molecule has 2 aromatic carbocycles. The van der Waals surface area contributed by atoms with E-state index in [0.717, 1.165) is 37.9 Å². The molecule has 2 aliphatic heterocycles. The van der Waals surface area contributed by atoms with Gasteiger partial charge >= 0.3 is 5.69 Å². The zero-order valence-corrected chi connectivity index (χ0v) is 29.2. The Bertz CT molecular complexity index is 1840. The lowest BCUT2D eigenvalue weighted by Gasteiger charge is -2.62. The van der Waals surface area contributed by atoms with Crippen molar-refractivity contribution in [2.75, 3.05) is 39.3 Å². The van der Waals surface area contributed by atoms with Crippen molar-refractivity contribution in [2.45, 2.75) is 72.0 Å². The molecule has 0 unspecified atom stereocenters. The molecule has 2 bridgehead atoms. The number of hydrogen-bond donors (Lipinski definition) is 3. The van der Waals surface area contributed by atoms with Gasteiger partial charge in [-0.15, -0.1) is 0 Å². The van der Waals surface area contributed by atoms with Crippen LogP contribution in [0.25, 0.3) is 10.9 Å². The van der Waals surface area contributed by atoms with Gasteiger partial charge in [0.2, 0.25) is 0 Å². The van der Waals surface area contributed by atoms with Crippen molar-refractivity contribution in [1.29, 1.82) is 0 Å². The molecule has 0 spiro atoms. The van der Waals surface area contributed by atoms with Crippen LogP contribution >= 0.6 is 0 Å². The molecule has 1 aromatic heterocycles. The van der Waals surface area contributed by atoms with Crippen LogP contribution < -0.4 is 21.9 Å². The molecule has 3 saturated carbocycles. The Hall–Kier alpha value is -3.83. The molecule has 2 saturated heterocycles. The van der Waals surface area contributed by atoms with Gasteiger partial charge in [-0.3, -0.25) is 14.2 Å². The number of guanidine groups is 1. The number of aromatic nitrogens is 2. The maximum absolute atomic E-state index is 13.5. The van der Waals surface area contributed by atoms with E-state index in [9.17, 15) is 18.8 Å². The summed E-state index contributed by atoms with van der Waals surface area (Å²) in [5.74, 6) is 2.43. The highest BCUT2D eigenvalue weighted by Gasteiger charge is 2.56. The Morgan fingerprint density at radius 2 is 1.78 bits per heavy atom. The Kier molecular flexibility index (Phi) is 9.25. The van der Waals surface area contributed by atoms with Crippen molar-refractivity contribution < 1.29 is 9.18 Å². The highest BCUT2D eigenvalue weighted by molar-refractivity contribution is 5.97. The zero-order valence-electron chi connectivity index (χ0n) is 29.2. The van der Waals surface area contributed by atoms with Gasteiger partial charge in [-0.2, -0.15) is 0 Å². The fourth-order valence-corrected chi connectivity index (χ4v) is 8.97. The van der Waals surface area contributed by atoms with Gasteiger partial charge in [0.05, 0.1) is 16.6 Å². The van der Waals surface area contributed by atoms with Crippen molar-refractivity contribution in [3.63, 3.8) is 0 Å². The number of nitrogens with zero attached hydrogens (tertiary/aromatic N) is 4. The first kappa shape index (κ1) is 33.7. The number of benzene rings is 2. The number of aromatic amines is 1. The second-order valence-corrected chi connectivity index (χ2v) is 15.5. The van der Waals surface area contributed by atoms with E-state index in [1.54, 1.807) is 18.2 Å². The second kappa shape index (κ2) is 13.5. The third-order valence-corrected chi connectivity index (χ3v) is 12.3. The summed E-state index contributed by atoms with van der Waals surface area (Å²) in [6.07, 6.45) is 3.83. The molecule has 5 fully saturated rings. The van der Waals surface area contributed by atoms with Crippen molar-refractivity contribution in [2.24, 2.45) is 34.1 Å². The van der Waals surface area contributed by atoms with E-state index in [2.05, 4.69) is 53.1 Å². The number of hydrogen-bond acceptors (Lipinski definition) is 6. The molecule has 0 amide bonds. The predicted molar refractivity (Wildman–Crippen MR) is 191 cm³/mol. The number of aliphatic imine (C=N–C) groups is 1. The highest BCUT2D eigenvalue weighted by atomic mass is 19.1. The third kappa shape index (κ3) is 6.71. The number of rotatable bonds is 7. The number of halogens is 1. The van der Waals surface area contributed by atoms with E-state index >= 15 is 0 Å². The minimum atomic E-state index is -0.438. The summed E-state index contributed by atoms with van der Waals surface area (Å²) in [6, 6.07) is 11.9. The second-order valence-electron chi connectivity index (χ2n) is 15.5. The van der Waals surface area contributed by atoms with Crippen molar-refractivity contribution in [3.8, 4) is 0 Å². The van der Waals surface area contributed by atoms with E-state index in [-0.39, 0.29) is 29.6 Å². The van der Waals surface area contributed by atoms with Crippen LogP contribution in [0.1, 0.15) is 63.7 Å². The molecule has 11 heteroatoms. The van der Waals surface area contributed by atoms with Crippen LogP contribution in [0.4, 0.5) is 10.1 Å². The molecule has 3 heterocycles. The number of piperidine rings is 1. The number of carbonyl (C=O) groups excluding carboxylic acids is 1. The van der Waals surface area contributed by atoms with Gasteiger partial charge in [0.1, 0.15) is 5.82 Å². The van der Waals surface area contributed by atoms with Crippen molar-refractivity contribution in [1.82, 2.24) is 30.0 Å². The first-order chi connectivity index (χ1) is 23.5. The van der Waals surface area contributed by atoms with Crippen LogP contribution in [0.5, 0.6) is 0 Å². The lowest BCUT2D eigenvalue weighted by Crippen LogP contribution is -2.63. The summed E-state index contributed by atoms with van der Waals surface area (Å²) >= 11 is 0. The number of likely N-dealkylation sites (tertiary alicyclic amines) is 1. The smallest absolute Gasteiger partial charge is 0.328 e. The zero-order chi connectivity index (χ0) is 34.4. The Morgan fingerprint density at radius 3 is 2.47 bits per heavy atom. The van der Waals surface area contributed by atoms with Crippen LogP contribution in [0.2, 0.25) is 0 Å². The molecular weight excluding hydrogens is 621 g/mol. The molecule has 5 atom stereocenters. The minimum absolute atomic E-state index is 0.0416. The lowest BCUT2D eigenvalue weighted by molar-refractivity contribution is -0.112. The number of Topliss-reactive ketones (excluding diaryl/α,β-unsaturated/α-hetero) is 1. The molecule has 49 heavy (non-hydrogen) atoms. The standard InChI is InChI=1S/C38H50FN7O3/c1-23-22-45(16-13-40-23)36(42-32-20-27-19-31(24(32)2)38(27,3)4)41-29-9-10-30-33(21-29)43-37(49)46(35(30)48)18-17-44-14-11-26(12-15-44)34(47)25-5-7-28(39)8-6-25/h5-10,21,23-24,26-27,31-32,40H,11-20,22H2,1-4H3,(H,41,42)(H,43,49)/t23-,24+,27-,31-,32-/m0/s1. The number of carbonyl (C=O) groups is 1. The number of piperazine rings is 1. The van der Waals surface area contributed by atoms with Crippen LogP contribution in [0, 0.1) is 34.9 Å². The minimum Gasteiger partial charge on any atom is -0.353 e. The topological polar surface area (TPSA) is 115 Å². The van der Waals surface area contributed by atoms with Crippen molar-refractivity contribution >= 4 is 28.3 Å². The fourth-order valence-electron chi connectivity index (χ4n) is 8.97. The van der Waals surface area contributed by atoms with Crippen LogP contribution in [0.15, 0.2) is 57.0 Å². The quantitative estimate of drug-likeness (QED) is 0.194. The third-order valence-electron chi connectivity index (χ3n) is 12.3. The first-order valence-corrected chi connectivity index (χ1v) is 18.1. The maximum atomic E-state index is 13.5. The lowest BCUT2D eigenvalue weighted by atomic mass is 9.45. The van der Waals surface area contributed by atoms with E-state index in [1.807, 2.05) is 12.1 Å². The van der Waals surface area contributed by atoms with Gasteiger partial charge in [0.25, 0.3) is 5.56 Å². The molecule has 262 valence electrons. The highest BCUT2D eigenvalue weighted by Crippen LogP contribution is 2.61. The van der Waals surface area contributed by atoms with Crippen LogP contribution in [-0.4, -0.2) is 82.4 Å². The maximum Gasteiger partial charge on any atom is 0.328 e. The number of fused-ring (bicyclic) bond motifs is 3. The molecule has 0 radical (unpaired) electrons. The normalized spacial score (nSPS) is 27.6. The van der Waals surface area contributed by atoms with Gasteiger partial charge in [-0.05, 0) is 111 Å². The average molecular weight is 672 g/mol.